The average molecular weight is 748 g/mol. The zero-order chi connectivity index (χ0) is 37.5. The summed E-state index contributed by atoms with van der Waals surface area (Å²) < 4.78 is 52.1. The Balaban J connectivity index is 1.12. The van der Waals surface area contributed by atoms with Gasteiger partial charge in [0.1, 0.15) is 6.04 Å². The van der Waals surface area contributed by atoms with Crippen LogP contribution in [-0.2, 0) is 37.0 Å². The van der Waals surface area contributed by atoms with Gasteiger partial charge in [-0.25, -0.2) is 0 Å². The predicted octanol–water partition coefficient (Wildman–Crippen LogP) is 7.31. The van der Waals surface area contributed by atoms with Crippen LogP contribution in [0.15, 0.2) is 102 Å². The number of carbonyl (C=O) groups excluding carboxylic acids is 3. The molecule has 2 saturated heterocycles. The number of rotatable bonds is 11. The van der Waals surface area contributed by atoms with Gasteiger partial charge in [0.2, 0.25) is 11.8 Å². The standard InChI is InChI=1S/C40H40F3N3O6S/c1-25(48)45-32-15-17-34(18-16-32)53-24-33-21-36(29-9-7-26(23-47)8-10-29)52-38(51-33)30-13-11-28(12-14-30)31-5-2-4-27(20-31)22-44-37(49)35-6-3-19-46(35)39(50)40(41,42)43/h2,4-5,7-18,20,33,35-36,38,47H,3,6,19,21-24H2,1H3,(H,44,49)(H,45,48)/t33-,35-,36+,38+/m0/s1. The Morgan fingerprint density at radius 2 is 1.60 bits per heavy atom. The summed E-state index contributed by atoms with van der Waals surface area (Å²) in [6, 6.07) is 29.5. The number of aliphatic hydroxyl groups is 1. The molecule has 0 saturated carbocycles. The zero-order valence-electron chi connectivity index (χ0n) is 29.0. The summed E-state index contributed by atoms with van der Waals surface area (Å²) in [4.78, 5) is 37.7. The average Bonchev–Trinajstić information content (AvgIpc) is 3.66. The number of anilines is 1. The number of amides is 3. The van der Waals surface area contributed by atoms with E-state index in [-0.39, 0.29) is 44.2 Å². The van der Waals surface area contributed by atoms with Gasteiger partial charge < -0.3 is 30.1 Å². The third-order valence-corrected chi connectivity index (χ3v) is 10.3. The minimum absolute atomic E-state index is 0.0475. The molecule has 4 atom stereocenters. The Morgan fingerprint density at radius 1 is 0.887 bits per heavy atom. The van der Waals surface area contributed by atoms with Gasteiger partial charge in [0.15, 0.2) is 6.29 Å². The number of hydrogen-bond donors (Lipinski definition) is 3. The third kappa shape index (κ3) is 9.85. The van der Waals surface area contributed by atoms with E-state index < -0.39 is 30.3 Å². The van der Waals surface area contributed by atoms with E-state index in [2.05, 4.69) is 10.6 Å². The fraction of sp³-hybridized carbons (Fsp3) is 0.325. The van der Waals surface area contributed by atoms with Crippen molar-refractivity contribution in [2.24, 2.45) is 0 Å². The number of thioether (sulfide) groups is 1. The normalized spacial score (nSPS) is 20.2. The first-order chi connectivity index (χ1) is 25.5. The minimum atomic E-state index is -5.03. The summed E-state index contributed by atoms with van der Waals surface area (Å²) in [5.41, 5.74) is 5.90. The minimum Gasteiger partial charge on any atom is -0.392 e. The van der Waals surface area contributed by atoms with Gasteiger partial charge >= 0.3 is 12.1 Å². The maximum absolute atomic E-state index is 13.0. The molecule has 0 spiro atoms. The van der Waals surface area contributed by atoms with Crippen LogP contribution in [0.4, 0.5) is 18.9 Å². The van der Waals surface area contributed by atoms with Crippen molar-refractivity contribution < 1.29 is 42.1 Å². The molecule has 9 nitrogen and oxygen atoms in total. The van der Waals surface area contributed by atoms with Crippen LogP contribution in [0, 0.1) is 0 Å². The lowest BCUT2D eigenvalue weighted by Crippen LogP contribution is -2.50. The largest absolute Gasteiger partial charge is 0.471 e. The highest BCUT2D eigenvalue weighted by Crippen LogP contribution is 2.40. The zero-order valence-corrected chi connectivity index (χ0v) is 29.8. The van der Waals surface area contributed by atoms with Crippen molar-refractivity contribution in [3.8, 4) is 11.1 Å². The van der Waals surface area contributed by atoms with Gasteiger partial charge in [-0.3, -0.25) is 14.4 Å². The summed E-state index contributed by atoms with van der Waals surface area (Å²) in [6.07, 6.45) is -4.92. The lowest BCUT2D eigenvalue weighted by atomic mass is 9.99. The monoisotopic (exact) mass is 747 g/mol. The molecule has 278 valence electrons. The number of likely N-dealkylation sites (tertiary alicyclic amines) is 1. The number of hydrogen-bond acceptors (Lipinski definition) is 7. The lowest BCUT2D eigenvalue weighted by molar-refractivity contribution is -0.245. The van der Waals surface area contributed by atoms with Crippen LogP contribution in [0.1, 0.15) is 60.8 Å². The molecule has 0 bridgehead atoms. The maximum atomic E-state index is 13.0. The number of benzene rings is 4. The van der Waals surface area contributed by atoms with Crippen LogP contribution in [-0.4, -0.2) is 58.3 Å². The molecule has 2 aliphatic heterocycles. The second kappa shape index (κ2) is 17.0. The van der Waals surface area contributed by atoms with Crippen molar-refractivity contribution >= 4 is 35.2 Å². The molecule has 0 aromatic heterocycles. The van der Waals surface area contributed by atoms with Crippen molar-refractivity contribution in [2.45, 2.75) is 74.9 Å². The van der Waals surface area contributed by atoms with Crippen molar-refractivity contribution in [3.05, 3.63) is 119 Å². The van der Waals surface area contributed by atoms with Crippen LogP contribution >= 0.6 is 11.8 Å². The Kier molecular flexibility index (Phi) is 12.2. The van der Waals surface area contributed by atoms with Crippen LogP contribution in [0.5, 0.6) is 0 Å². The van der Waals surface area contributed by atoms with Crippen LogP contribution < -0.4 is 10.6 Å². The number of carbonyl (C=O) groups is 3. The van der Waals surface area contributed by atoms with E-state index in [9.17, 15) is 32.7 Å². The topological polar surface area (TPSA) is 117 Å². The summed E-state index contributed by atoms with van der Waals surface area (Å²) in [7, 11) is 0. The van der Waals surface area contributed by atoms with E-state index in [0.29, 0.717) is 23.5 Å². The van der Waals surface area contributed by atoms with Crippen molar-refractivity contribution in [1.29, 1.82) is 0 Å². The number of nitrogens with one attached hydrogen (secondary N) is 2. The van der Waals surface area contributed by atoms with Gasteiger partial charge in [0.25, 0.3) is 0 Å². The fourth-order valence-electron chi connectivity index (χ4n) is 6.50. The van der Waals surface area contributed by atoms with Crippen molar-refractivity contribution in [2.75, 3.05) is 17.6 Å². The molecule has 0 radical (unpaired) electrons. The molecule has 53 heavy (non-hydrogen) atoms. The Morgan fingerprint density at radius 3 is 2.28 bits per heavy atom. The maximum Gasteiger partial charge on any atom is 0.471 e. The Labute approximate surface area is 309 Å². The second-order valence-electron chi connectivity index (χ2n) is 13.1. The van der Waals surface area contributed by atoms with E-state index in [0.717, 1.165) is 44.0 Å². The molecular weight excluding hydrogens is 708 g/mol. The lowest BCUT2D eigenvalue weighted by Gasteiger charge is -2.36. The van der Waals surface area contributed by atoms with Gasteiger partial charge in [-0.15, -0.1) is 11.8 Å². The first kappa shape index (κ1) is 38.0. The Bertz CT molecular complexity index is 1890. The molecule has 13 heteroatoms. The summed E-state index contributed by atoms with van der Waals surface area (Å²) in [6.45, 7) is 1.41. The quantitative estimate of drug-likeness (QED) is 0.138. The summed E-state index contributed by atoms with van der Waals surface area (Å²) >= 11 is 1.66. The molecule has 2 heterocycles. The summed E-state index contributed by atoms with van der Waals surface area (Å²) in [5, 5.41) is 15.0. The number of aliphatic hydroxyl groups excluding tert-OH is 1. The molecule has 0 unspecified atom stereocenters. The number of ether oxygens (including phenoxy) is 2. The van der Waals surface area contributed by atoms with Crippen molar-refractivity contribution in [1.82, 2.24) is 10.2 Å². The number of nitrogens with zero attached hydrogens (tertiary/aromatic N) is 1. The van der Waals surface area contributed by atoms with E-state index in [4.69, 9.17) is 9.47 Å². The molecular formula is C40H40F3N3O6S. The highest BCUT2D eigenvalue weighted by atomic mass is 32.2. The van der Waals surface area contributed by atoms with Crippen LogP contribution in [0.25, 0.3) is 11.1 Å². The smallest absolute Gasteiger partial charge is 0.392 e. The van der Waals surface area contributed by atoms with Gasteiger partial charge in [0, 0.05) is 48.3 Å². The molecule has 4 aromatic rings. The molecule has 2 aliphatic rings. The fourth-order valence-corrected chi connectivity index (χ4v) is 7.42. The number of halogens is 3. The van der Waals surface area contributed by atoms with Gasteiger partial charge in [0.05, 0.1) is 18.8 Å². The van der Waals surface area contributed by atoms with Crippen molar-refractivity contribution in [3.63, 3.8) is 0 Å². The first-order valence-corrected chi connectivity index (χ1v) is 18.3. The number of alkyl halides is 3. The van der Waals surface area contributed by atoms with Crippen LogP contribution in [0.3, 0.4) is 0 Å². The van der Waals surface area contributed by atoms with Crippen LogP contribution in [0.2, 0.25) is 0 Å². The molecule has 3 amide bonds. The molecule has 0 aliphatic carbocycles. The molecule has 3 N–H and O–H groups in total. The van der Waals surface area contributed by atoms with E-state index >= 15 is 0 Å². The van der Waals surface area contributed by atoms with Gasteiger partial charge in [-0.05, 0) is 71.0 Å². The molecule has 6 rings (SSSR count). The predicted molar refractivity (Wildman–Crippen MR) is 194 cm³/mol. The molecule has 2 fully saturated rings. The second-order valence-corrected chi connectivity index (χ2v) is 14.2. The Hall–Kier alpha value is -4.69. The van der Waals surface area contributed by atoms with E-state index in [1.807, 2.05) is 97.1 Å². The van der Waals surface area contributed by atoms with E-state index in [1.54, 1.807) is 11.8 Å². The summed E-state index contributed by atoms with van der Waals surface area (Å²) in [5.74, 6) is -2.06. The SMILES string of the molecule is CC(=O)Nc1ccc(SC[C@@H]2C[C@H](c3ccc(CO)cc3)O[C@H](c3ccc(-c4cccc(CNC(=O)[C@@H]5CCCN5C(=O)C(F)(F)F)c4)cc3)O2)cc1. The molecule has 4 aromatic carbocycles. The van der Waals surface area contributed by atoms with Gasteiger partial charge in [-0.2, -0.15) is 13.2 Å². The van der Waals surface area contributed by atoms with Gasteiger partial charge in [-0.1, -0.05) is 66.7 Å². The first-order valence-electron chi connectivity index (χ1n) is 17.3. The highest BCUT2D eigenvalue weighted by Gasteiger charge is 2.47. The van der Waals surface area contributed by atoms with E-state index in [1.165, 1.54) is 6.92 Å². The highest BCUT2D eigenvalue weighted by molar-refractivity contribution is 7.99. The third-order valence-electron chi connectivity index (χ3n) is 9.19.